The van der Waals surface area contributed by atoms with Crippen LogP contribution in [-0.2, 0) is 11.3 Å². The van der Waals surface area contributed by atoms with Gasteiger partial charge < -0.3 is 19.7 Å². The van der Waals surface area contributed by atoms with Gasteiger partial charge >= 0.3 is 0 Å². The molecular weight excluding hydrogens is 419 g/mol. The van der Waals surface area contributed by atoms with E-state index in [1.807, 2.05) is 25.4 Å². The SMILES string of the molecule is CN=C(NCc1ccc(OCCOC)nc1)N1CCCC(C)C1.I. The van der Waals surface area contributed by atoms with E-state index in [1.54, 1.807) is 7.11 Å². The third kappa shape index (κ3) is 6.80. The molecule has 0 radical (unpaired) electrons. The molecule has 136 valence electrons. The highest BCUT2D eigenvalue weighted by atomic mass is 127. The molecule has 0 amide bonds. The zero-order valence-corrected chi connectivity index (χ0v) is 17.2. The maximum absolute atomic E-state index is 5.47. The largest absolute Gasteiger partial charge is 0.475 e. The fraction of sp³-hybridized carbons (Fsp3) is 0.647. The van der Waals surface area contributed by atoms with Crippen LogP contribution in [0.2, 0.25) is 0 Å². The molecule has 24 heavy (non-hydrogen) atoms. The first-order valence-corrected chi connectivity index (χ1v) is 8.25. The molecular formula is C17H29IN4O2. The Kier molecular flexibility index (Phi) is 10.0. The molecule has 0 aromatic carbocycles. The molecule has 6 nitrogen and oxygen atoms in total. The first-order chi connectivity index (χ1) is 11.2. The lowest BCUT2D eigenvalue weighted by molar-refractivity contribution is 0.143. The molecule has 2 heterocycles. The van der Waals surface area contributed by atoms with Gasteiger partial charge in [0, 0.05) is 46.1 Å². The van der Waals surface area contributed by atoms with Gasteiger partial charge in [0.25, 0.3) is 0 Å². The van der Waals surface area contributed by atoms with E-state index in [9.17, 15) is 0 Å². The summed E-state index contributed by atoms with van der Waals surface area (Å²) >= 11 is 0. The number of pyridine rings is 1. The van der Waals surface area contributed by atoms with E-state index in [1.165, 1.54) is 12.8 Å². The van der Waals surface area contributed by atoms with Crippen LogP contribution in [-0.4, -0.2) is 56.3 Å². The van der Waals surface area contributed by atoms with E-state index in [-0.39, 0.29) is 24.0 Å². The Labute approximate surface area is 162 Å². The number of likely N-dealkylation sites (tertiary alicyclic amines) is 1. The molecule has 0 aliphatic carbocycles. The molecule has 7 heteroatoms. The molecule has 1 atom stereocenters. The van der Waals surface area contributed by atoms with Gasteiger partial charge in [-0.2, -0.15) is 0 Å². The predicted octanol–water partition coefficient (Wildman–Crippen LogP) is 2.53. The molecule has 1 saturated heterocycles. The maximum atomic E-state index is 5.47. The number of nitrogens with zero attached hydrogens (tertiary/aromatic N) is 3. The molecule has 1 fully saturated rings. The summed E-state index contributed by atoms with van der Waals surface area (Å²) in [6.45, 7) is 6.24. The van der Waals surface area contributed by atoms with Crippen LogP contribution in [0.5, 0.6) is 5.88 Å². The molecule has 1 aliphatic heterocycles. The van der Waals surface area contributed by atoms with Gasteiger partial charge in [-0.3, -0.25) is 4.99 Å². The summed E-state index contributed by atoms with van der Waals surface area (Å²) < 4.78 is 10.4. The van der Waals surface area contributed by atoms with Crippen molar-refractivity contribution in [1.29, 1.82) is 0 Å². The van der Waals surface area contributed by atoms with Crippen molar-refractivity contribution in [3.8, 4) is 5.88 Å². The smallest absolute Gasteiger partial charge is 0.213 e. The zero-order chi connectivity index (χ0) is 16.5. The Balaban J connectivity index is 0.00000288. The summed E-state index contributed by atoms with van der Waals surface area (Å²) in [4.78, 5) is 11.0. The summed E-state index contributed by atoms with van der Waals surface area (Å²) in [5, 5.41) is 3.42. The lowest BCUT2D eigenvalue weighted by Crippen LogP contribution is -2.45. The monoisotopic (exact) mass is 448 g/mol. The highest BCUT2D eigenvalue weighted by Gasteiger charge is 2.18. The number of hydrogen-bond acceptors (Lipinski definition) is 4. The van der Waals surface area contributed by atoms with E-state index in [0.717, 1.165) is 30.5 Å². The third-order valence-electron chi connectivity index (χ3n) is 3.95. The van der Waals surface area contributed by atoms with E-state index >= 15 is 0 Å². The third-order valence-corrected chi connectivity index (χ3v) is 3.95. The lowest BCUT2D eigenvalue weighted by Gasteiger charge is -2.33. The van der Waals surface area contributed by atoms with Gasteiger partial charge in [-0.05, 0) is 24.3 Å². The summed E-state index contributed by atoms with van der Waals surface area (Å²) in [7, 11) is 3.49. The van der Waals surface area contributed by atoms with Crippen molar-refractivity contribution in [2.45, 2.75) is 26.3 Å². The second-order valence-corrected chi connectivity index (χ2v) is 5.94. The number of aromatic nitrogens is 1. The van der Waals surface area contributed by atoms with E-state index in [0.29, 0.717) is 25.6 Å². The fourth-order valence-corrected chi connectivity index (χ4v) is 2.73. The minimum absolute atomic E-state index is 0. The number of nitrogens with one attached hydrogen (secondary N) is 1. The molecule has 0 spiro atoms. The summed E-state index contributed by atoms with van der Waals surface area (Å²) in [6.07, 6.45) is 4.38. The average Bonchev–Trinajstić information content (AvgIpc) is 2.57. The number of hydrogen-bond donors (Lipinski definition) is 1. The normalized spacial score (nSPS) is 18.0. The topological polar surface area (TPSA) is 59.0 Å². The number of ether oxygens (including phenoxy) is 2. The average molecular weight is 448 g/mol. The van der Waals surface area contributed by atoms with Crippen molar-refractivity contribution in [1.82, 2.24) is 15.2 Å². The van der Waals surface area contributed by atoms with Gasteiger partial charge in [-0.1, -0.05) is 13.0 Å². The van der Waals surface area contributed by atoms with Crippen LogP contribution in [0.25, 0.3) is 0 Å². The number of halogens is 1. The van der Waals surface area contributed by atoms with Crippen molar-refractivity contribution in [2.75, 3.05) is 40.5 Å². The molecule has 0 saturated carbocycles. The van der Waals surface area contributed by atoms with Crippen LogP contribution in [0.1, 0.15) is 25.3 Å². The molecule has 1 aromatic heterocycles. The van der Waals surface area contributed by atoms with Crippen molar-refractivity contribution in [3.63, 3.8) is 0 Å². The van der Waals surface area contributed by atoms with Crippen molar-refractivity contribution in [2.24, 2.45) is 10.9 Å². The quantitative estimate of drug-likeness (QED) is 0.314. The predicted molar refractivity (Wildman–Crippen MR) is 107 cm³/mol. The van der Waals surface area contributed by atoms with Crippen LogP contribution in [0, 0.1) is 5.92 Å². The van der Waals surface area contributed by atoms with Gasteiger partial charge in [-0.25, -0.2) is 4.98 Å². The van der Waals surface area contributed by atoms with Crippen molar-refractivity contribution in [3.05, 3.63) is 23.9 Å². The maximum Gasteiger partial charge on any atom is 0.213 e. The highest BCUT2D eigenvalue weighted by Crippen LogP contribution is 2.15. The standard InChI is InChI=1S/C17H28N4O2.HI/c1-14-5-4-8-21(13-14)17(18-2)20-12-15-6-7-16(19-11-15)23-10-9-22-3;/h6-7,11,14H,4-5,8-10,12-13H2,1-3H3,(H,18,20);1H. The Morgan fingerprint density at radius 2 is 2.25 bits per heavy atom. The fourth-order valence-electron chi connectivity index (χ4n) is 2.73. The van der Waals surface area contributed by atoms with Crippen LogP contribution in [0.3, 0.4) is 0 Å². The zero-order valence-electron chi connectivity index (χ0n) is 14.8. The molecule has 2 rings (SSSR count). The number of piperidine rings is 1. The van der Waals surface area contributed by atoms with Crippen molar-refractivity contribution < 1.29 is 9.47 Å². The van der Waals surface area contributed by atoms with Crippen LogP contribution >= 0.6 is 24.0 Å². The number of aliphatic imine (C=N–C) groups is 1. The number of methoxy groups -OCH3 is 1. The van der Waals surface area contributed by atoms with Gasteiger partial charge in [0.15, 0.2) is 5.96 Å². The molecule has 1 aliphatic rings. The summed E-state index contributed by atoms with van der Waals surface area (Å²) in [5.74, 6) is 2.32. The van der Waals surface area contributed by atoms with Crippen LogP contribution in [0.15, 0.2) is 23.3 Å². The Morgan fingerprint density at radius 1 is 1.42 bits per heavy atom. The minimum atomic E-state index is 0. The Bertz CT molecular complexity index is 496. The number of guanidine groups is 1. The first-order valence-electron chi connectivity index (χ1n) is 8.25. The van der Waals surface area contributed by atoms with E-state index in [4.69, 9.17) is 9.47 Å². The second-order valence-electron chi connectivity index (χ2n) is 5.94. The van der Waals surface area contributed by atoms with E-state index < -0.39 is 0 Å². The second kappa shape index (κ2) is 11.5. The van der Waals surface area contributed by atoms with Gasteiger partial charge in [-0.15, -0.1) is 24.0 Å². The van der Waals surface area contributed by atoms with Gasteiger partial charge in [0.05, 0.1) is 6.61 Å². The molecule has 1 N–H and O–H groups in total. The summed E-state index contributed by atoms with van der Waals surface area (Å²) in [5.41, 5.74) is 1.11. The minimum Gasteiger partial charge on any atom is -0.475 e. The van der Waals surface area contributed by atoms with Gasteiger partial charge in [0.2, 0.25) is 5.88 Å². The highest BCUT2D eigenvalue weighted by molar-refractivity contribution is 14.0. The van der Waals surface area contributed by atoms with Crippen molar-refractivity contribution >= 4 is 29.9 Å². The van der Waals surface area contributed by atoms with Crippen LogP contribution in [0.4, 0.5) is 0 Å². The lowest BCUT2D eigenvalue weighted by atomic mass is 10.0. The van der Waals surface area contributed by atoms with Gasteiger partial charge in [0.1, 0.15) is 6.61 Å². The number of rotatable bonds is 6. The Morgan fingerprint density at radius 3 is 2.88 bits per heavy atom. The van der Waals surface area contributed by atoms with E-state index in [2.05, 4.69) is 27.1 Å². The molecule has 0 bridgehead atoms. The Hall–Kier alpha value is -1.09. The summed E-state index contributed by atoms with van der Waals surface area (Å²) in [6, 6.07) is 3.91. The molecule has 1 aromatic rings. The van der Waals surface area contributed by atoms with Crippen LogP contribution < -0.4 is 10.1 Å². The first kappa shape index (κ1) is 21.0. The molecule has 1 unspecified atom stereocenters.